The number of hydrogen-bond acceptors (Lipinski definition) is 3. The third-order valence-corrected chi connectivity index (χ3v) is 2.52. The van der Waals surface area contributed by atoms with Gasteiger partial charge in [0.2, 0.25) is 6.41 Å². The first-order valence-electron chi connectivity index (χ1n) is 2.26. The van der Waals surface area contributed by atoms with Crippen molar-refractivity contribution in [1.29, 1.82) is 0 Å². The lowest BCUT2D eigenvalue weighted by atomic mass is 10.7. The van der Waals surface area contributed by atoms with Gasteiger partial charge in [0.1, 0.15) is 10.0 Å². The average molecular weight is 197 g/mol. The monoisotopic (exact) mass is 196 g/mol. The van der Waals surface area contributed by atoms with Gasteiger partial charge in [0.25, 0.3) is 0 Å². The number of hydrogen-bond donors (Lipinski definition) is 1. The van der Waals surface area contributed by atoms with Crippen molar-refractivity contribution in [3.8, 4) is 0 Å². The summed E-state index contributed by atoms with van der Waals surface area (Å²) in [7, 11) is 0. The van der Waals surface area contributed by atoms with Crippen LogP contribution in [-0.4, -0.2) is 10.8 Å². The zero-order chi connectivity index (χ0) is 7.56. The highest BCUT2D eigenvalue weighted by atomic mass is 35.5. The summed E-state index contributed by atoms with van der Waals surface area (Å²) < 4.78 is 3.69. The van der Waals surface area contributed by atoms with Crippen LogP contribution in [0, 0.1) is 0 Å². The molecule has 0 saturated heterocycles. The molecule has 10 heavy (non-hydrogen) atoms. The van der Waals surface area contributed by atoms with Gasteiger partial charge in [-0.25, -0.2) is 0 Å². The average Bonchev–Trinajstić information content (AvgIpc) is 2.20. The molecule has 0 aliphatic heterocycles. The second-order valence-corrected chi connectivity index (χ2v) is 2.89. The maximum atomic E-state index is 9.90. The van der Waals surface area contributed by atoms with E-state index in [0.29, 0.717) is 16.4 Å². The van der Waals surface area contributed by atoms with Gasteiger partial charge in [-0.05, 0) is 11.5 Å². The fourth-order valence-corrected chi connectivity index (χ4v) is 1.45. The number of nitrogens with zero attached hydrogens (tertiary/aromatic N) is 1. The molecule has 3 nitrogen and oxygen atoms in total. The SMILES string of the molecule is O=CNc1snc(Cl)c1Cl. The van der Waals surface area contributed by atoms with Gasteiger partial charge in [-0.3, -0.25) is 4.79 Å². The zero-order valence-corrected chi connectivity index (χ0v) is 6.93. The zero-order valence-electron chi connectivity index (χ0n) is 4.60. The Kier molecular flexibility index (Phi) is 2.48. The number of halogens is 2. The molecule has 0 aromatic carbocycles. The molecule has 1 N–H and O–H groups in total. The van der Waals surface area contributed by atoms with Crippen LogP contribution >= 0.6 is 34.7 Å². The molecule has 0 radical (unpaired) electrons. The number of rotatable bonds is 2. The number of carbonyl (C=O) groups excluding carboxylic acids is 1. The number of amides is 1. The number of aromatic nitrogens is 1. The van der Waals surface area contributed by atoms with E-state index in [2.05, 4.69) is 9.69 Å². The molecule has 0 aliphatic rings. The Morgan fingerprint density at radius 3 is 2.70 bits per heavy atom. The third-order valence-electron chi connectivity index (χ3n) is 0.788. The van der Waals surface area contributed by atoms with Gasteiger partial charge in [-0.15, -0.1) is 0 Å². The second kappa shape index (κ2) is 3.18. The highest BCUT2D eigenvalue weighted by Gasteiger charge is 2.07. The van der Waals surface area contributed by atoms with E-state index in [0.717, 1.165) is 11.5 Å². The van der Waals surface area contributed by atoms with Crippen LogP contribution < -0.4 is 5.32 Å². The second-order valence-electron chi connectivity index (χ2n) is 1.38. The smallest absolute Gasteiger partial charge is 0.212 e. The summed E-state index contributed by atoms with van der Waals surface area (Å²) >= 11 is 12.1. The van der Waals surface area contributed by atoms with Crippen LogP contribution in [0.5, 0.6) is 0 Å². The standard InChI is InChI=1S/C4H2Cl2N2OS/c5-2-3(6)8-10-4(2)7-1-9/h1H,(H,7,9). The highest BCUT2D eigenvalue weighted by molar-refractivity contribution is 7.11. The van der Waals surface area contributed by atoms with Gasteiger partial charge in [0, 0.05) is 0 Å². The van der Waals surface area contributed by atoms with E-state index in [9.17, 15) is 4.79 Å². The minimum absolute atomic E-state index is 0.219. The summed E-state index contributed by atoms with van der Waals surface area (Å²) in [5.41, 5.74) is 0. The normalized spacial score (nSPS) is 9.40. The molecule has 1 aromatic heterocycles. The predicted molar refractivity (Wildman–Crippen MR) is 41.8 cm³/mol. The van der Waals surface area contributed by atoms with Crippen molar-refractivity contribution >= 4 is 46.1 Å². The Labute approximate surface area is 71.1 Å². The molecule has 0 atom stereocenters. The topological polar surface area (TPSA) is 42.0 Å². The van der Waals surface area contributed by atoms with Crippen molar-refractivity contribution in [2.75, 3.05) is 5.32 Å². The Hall–Kier alpha value is -0.320. The van der Waals surface area contributed by atoms with Gasteiger partial charge >= 0.3 is 0 Å². The maximum absolute atomic E-state index is 9.90. The molecule has 6 heteroatoms. The number of nitrogens with one attached hydrogen (secondary N) is 1. The molecule has 1 heterocycles. The predicted octanol–water partition coefficient (Wildman–Crippen LogP) is 2.02. The van der Waals surface area contributed by atoms with Crippen LogP contribution in [0.1, 0.15) is 0 Å². The number of anilines is 1. The fraction of sp³-hybridized carbons (Fsp3) is 0. The summed E-state index contributed by atoms with van der Waals surface area (Å²) in [6, 6.07) is 0. The van der Waals surface area contributed by atoms with Crippen molar-refractivity contribution in [3.63, 3.8) is 0 Å². The van der Waals surface area contributed by atoms with Gasteiger partial charge in [-0.1, -0.05) is 23.2 Å². The molecule has 0 saturated carbocycles. The lowest BCUT2D eigenvalue weighted by Gasteiger charge is -1.88. The van der Waals surface area contributed by atoms with Crippen molar-refractivity contribution in [3.05, 3.63) is 10.2 Å². The quantitative estimate of drug-likeness (QED) is 0.736. The van der Waals surface area contributed by atoms with E-state index in [1.54, 1.807) is 0 Å². The van der Waals surface area contributed by atoms with E-state index in [4.69, 9.17) is 23.2 Å². The van der Waals surface area contributed by atoms with Crippen LogP contribution in [0.4, 0.5) is 5.00 Å². The van der Waals surface area contributed by atoms with E-state index in [1.807, 2.05) is 0 Å². The van der Waals surface area contributed by atoms with Crippen LogP contribution in [0.2, 0.25) is 10.2 Å². The van der Waals surface area contributed by atoms with Crippen LogP contribution in [0.3, 0.4) is 0 Å². The molecular weight excluding hydrogens is 195 g/mol. The minimum atomic E-state index is 0.219. The third kappa shape index (κ3) is 1.39. The maximum Gasteiger partial charge on any atom is 0.212 e. The Bertz CT molecular complexity index is 249. The highest BCUT2D eigenvalue weighted by Crippen LogP contribution is 2.32. The fourth-order valence-electron chi connectivity index (χ4n) is 0.403. The van der Waals surface area contributed by atoms with E-state index in [-0.39, 0.29) is 5.15 Å². The van der Waals surface area contributed by atoms with Gasteiger partial charge in [0.05, 0.1) is 0 Å². The van der Waals surface area contributed by atoms with E-state index in [1.165, 1.54) is 0 Å². The molecule has 0 bridgehead atoms. The summed E-state index contributed by atoms with van der Waals surface area (Å²) in [6.07, 6.45) is 0.524. The first-order valence-corrected chi connectivity index (χ1v) is 3.79. The molecule has 0 unspecified atom stereocenters. The van der Waals surface area contributed by atoms with E-state index >= 15 is 0 Å². The molecule has 1 amide bonds. The van der Waals surface area contributed by atoms with Crippen molar-refractivity contribution in [1.82, 2.24) is 4.37 Å². The lowest BCUT2D eigenvalue weighted by Crippen LogP contribution is -1.89. The minimum Gasteiger partial charge on any atom is -0.318 e. The van der Waals surface area contributed by atoms with Crippen molar-refractivity contribution in [2.45, 2.75) is 0 Å². The molecule has 1 aromatic rings. The van der Waals surface area contributed by atoms with Crippen LogP contribution in [0.15, 0.2) is 0 Å². The Morgan fingerprint density at radius 2 is 2.30 bits per heavy atom. The van der Waals surface area contributed by atoms with Gasteiger partial charge in [0.15, 0.2) is 5.15 Å². The summed E-state index contributed by atoms with van der Waals surface area (Å²) in [5, 5.41) is 3.34. The first-order chi connectivity index (χ1) is 4.75. The van der Waals surface area contributed by atoms with Crippen molar-refractivity contribution in [2.24, 2.45) is 0 Å². The summed E-state index contributed by atoms with van der Waals surface area (Å²) in [6.45, 7) is 0. The summed E-state index contributed by atoms with van der Waals surface area (Å²) in [5.74, 6) is 0. The van der Waals surface area contributed by atoms with Crippen LogP contribution in [0.25, 0.3) is 0 Å². The van der Waals surface area contributed by atoms with Gasteiger partial charge < -0.3 is 5.32 Å². The molecular formula is C4H2Cl2N2OS. The Morgan fingerprint density at radius 1 is 1.60 bits per heavy atom. The Balaban J connectivity index is 2.93. The first kappa shape index (κ1) is 7.78. The summed E-state index contributed by atoms with van der Waals surface area (Å²) in [4.78, 5) is 9.90. The largest absolute Gasteiger partial charge is 0.318 e. The molecule has 0 aliphatic carbocycles. The molecule has 1 rings (SSSR count). The molecule has 0 fully saturated rings. The van der Waals surface area contributed by atoms with Gasteiger partial charge in [-0.2, -0.15) is 4.37 Å². The van der Waals surface area contributed by atoms with Crippen LogP contribution in [-0.2, 0) is 4.79 Å². The number of carbonyl (C=O) groups is 1. The van der Waals surface area contributed by atoms with Crippen molar-refractivity contribution < 1.29 is 4.79 Å². The molecule has 54 valence electrons. The van der Waals surface area contributed by atoms with E-state index < -0.39 is 0 Å². The lowest BCUT2D eigenvalue weighted by molar-refractivity contribution is -0.105. The molecule has 0 spiro atoms.